The zero-order chi connectivity index (χ0) is 16.1. The molecule has 1 aliphatic heterocycles. The highest BCUT2D eigenvalue weighted by molar-refractivity contribution is 5.89. The van der Waals surface area contributed by atoms with Crippen LogP contribution >= 0.6 is 0 Å². The molecule has 0 saturated carbocycles. The van der Waals surface area contributed by atoms with Crippen molar-refractivity contribution in [2.45, 2.75) is 26.1 Å². The van der Waals surface area contributed by atoms with Crippen molar-refractivity contribution in [3.05, 3.63) is 24.0 Å². The molecule has 5 nitrogen and oxygen atoms in total. The van der Waals surface area contributed by atoms with Gasteiger partial charge in [0.2, 0.25) is 0 Å². The van der Waals surface area contributed by atoms with Gasteiger partial charge in [-0.3, -0.25) is 0 Å². The van der Waals surface area contributed by atoms with Gasteiger partial charge < -0.3 is 20.3 Å². The van der Waals surface area contributed by atoms with E-state index in [1.807, 2.05) is 18.7 Å². The van der Waals surface area contributed by atoms with Crippen LogP contribution in [0.4, 0.5) is 20.6 Å². The molecule has 1 saturated heterocycles. The number of carbonyl (C=O) groups excluding carboxylic acids is 1. The van der Waals surface area contributed by atoms with Crippen molar-refractivity contribution >= 4 is 17.4 Å². The van der Waals surface area contributed by atoms with Gasteiger partial charge in [0.15, 0.2) is 0 Å². The van der Waals surface area contributed by atoms with E-state index in [0.29, 0.717) is 24.5 Å². The van der Waals surface area contributed by atoms with Gasteiger partial charge in [-0.25, -0.2) is 9.18 Å². The third-order valence-corrected chi connectivity index (χ3v) is 3.32. The fourth-order valence-corrected chi connectivity index (χ4v) is 2.52. The molecule has 0 aromatic heterocycles. The molecule has 1 aromatic carbocycles. The Balaban J connectivity index is 2.06. The number of rotatable bonds is 3. The summed E-state index contributed by atoms with van der Waals surface area (Å²) in [6.07, 6.45) is 5.15. The van der Waals surface area contributed by atoms with Gasteiger partial charge in [-0.05, 0) is 32.0 Å². The molecule has 2 unspecified atom stereocenters. The van der Waals surface area contributed by atoms with Crippen molar-refractivity contribution < 1.29 is 13.9 Å². The number of benzene rings is 1. The molecule has 0 aliphatic carbocycles. The molecule has 6 heteroatoms. The summed E-state index contributed by atoms with van der Waals surface area (Å²) in [6.45, 7) is 5.32. The van der Waals surface area contributed by atoms with Crippen LogP contribution < -0.4 is 15.5 Å². The molecule has 0 radical (unpaired) electrons. The summed E-state index contributed by atoms with van der Waals surface area (Å²) >= 11 is 0. The molecule has 1 heterocycles. The number of anilines is 2. The minimum atomic E-state index is -0.460. The van der Waals surface area contributed by atoms with Crippen molar-refractivity contribution in [3.63, 3.8) is 0 Å². The topological polar surface area (TPSA) is 53.6 Å². The lowest BCUT2D eigenvalue weighted by Gasteiger charge is -2.37. The number of amides is 2. The van der Waals surface area contributed by atoms with Crippen LogP contribution in [-0.4, -0.2) is 37.9 Å². The van der Waals surface area contributed by atoms with Crippen LogP contribution in [0.1, 0.15) is 13.8 Å². The lowest BCUT2D eigenvalue weighted by molar-refractivity contribution is -0.00539. The number of terminal acetylenes is 1. The zero-order valence-corrected chi connectivity index (χ0v) is 12.7. The molecule has 1 aromatic rings. The molecule has 0 spiro atoms. The Bertz CT molecular complexity index is 575. The first-order valence-electron chi connectivity index (χ1n) is 7.18. The van der Waals surface area contributed by atoms with E-state index in [4.69, 9.17) is 11.2 Å². The standard InChI is InChI=1S/C16H20FN3O2/c1-4-7-18-16(21)19-13-5-6-15(14(17)8-13)20-9-11(2)22-12(3)10-20/h1,5-6,8,11-12H,7,9-10H2,2-3H3,(H2,18,19,21). The molecule has 2 amide bonds. The minimum absolute atomic E-state index is 0.0514. The number of urea groups is 1. The van der Waals surface area contributed by atoms with E-state index in [9.17, 15) is 9.18 Å². The van der Waals surface area contributed by atoms with Crippen molar-refractivity contribution in [2.24, 2.45) is 0 Å². The van der Waals surface area contributed by atoms with Gasteiger partial charge in [0.25, 0.3) is 0 Å². The molecule has 1 aliphatic rings. The maximum absolute atomic E-state index is 14.3. The number of hydrogen-bond acceptors (Lipinski definition) is 3. The quantitative estimate of drug-likeness (QED) is 0.842. The first-order valence-corrected chi connectivity index (χ1v) is 7.18. The molecule has 118 valence electrons. The van der Waals surface area contributed by atoms with Crippen LogP contribution in [0.15, 0.2) is 18.2 Å². The summed E-state index contributed by atoms with van der Waals surface area (Å²) < 4.78 is 20.0. The fourth-order valence-electron chi connectivity index (χ4n) is 2.52. The summed E-state index contributed by atoms with van der Waals surface area (Å²) in [7, 11) is 0. The highest BCUT2D eigenvalue weighted by Gasteiger charge is 2.24. The summed E-state index contributed by atoms with van der Waals surface area (Å²) in [4.78, 5) is 13.4. The van der Waals surface area contributed by atoms with Crippen molar-refractivity contribution in [2.75, 3.05) is 29.9 Å². The molecule has 2 N–H and O–H groups in total. The highest BCUT2D eigenvalue weighted by atomic mass is 19.1. The molecule has 0 bridgehead atoms. The average molecular weight is 305 g/mol. The second-order valence-corrected chi connectivity index (χ2v) is 5.34. The highest BCUT2D eigenvalue weighted by Crippen LogP contribution is 2.26. The monoisotopic (exact) mass is 305 g/mol. The number of nitrogens with one attached hydrogen (secondary N) is 2. The van der Waals surface area contributed by atoms with E-state index in [2.05, 4.69) is 16.6 Å². The van der Waals surface area contributed by atoms with Gasteiger partial charge in [-0.15, -0.1) is 6.42 Å². The van der Waals surface area contributed by atoms with Gasteiger partial charge in [-0.2, -0.15) is 0 Å². The lowest BCUT2D eigenvalue weighted by Crippen LogP contribution is -2.45. The van der Waals surface area contributed by atoms with Crippen LogP contribution in [0.25, 0.3) is 0 Å². The maximum Gasteiger partial charge on any atom is 0.319 e. The Morgan fingerprint density at radius 3 is 2.73 bits per heavy atom. The van der Waals surface area contributed by atoms with E-state index in [0.717, 1.165) is 0 Å². The molecule has 2 atom stereocenters. The molecule has 1 fully saturated rings. The van der Waals surface area contributed by atoms with Gasteiger partial charge in [-0.1, -0.05) is 5.92 Å². The Labute approximate surface area is 129 Å². The van der Waals surface area contributed by atoms with Crippen molar-refractivity contribution in [3.8, 4) is 12.3 Å². The van der Waals surface area contributed by atoms with Gasteiger partial charge in [0.05, 0.1) is 24.4 Å². The summed E-state index contributed by atoms with van der Waals surface area (Å²) in [5.41, 5.74) is 0.890. The third-order valence-electron chi connectivity index (χ3n) is 3.32. The smallest absolute Gasteiger partial charge is 0.319 e. The van der Waals surface area contributed by atoms with E-state index < -0.39 is 6.03 Å². The Morgan fingerprint density at radius 2 is 2.14 bits per heavy atom. The zero-order valence-electron chi connectivity index (χ0n) is 12.7. The predicted octanol–water partition coefficient (Wildman–Crippen LogP) is 2.19. The summed E-state index contributed by atoms with van der Waals surface area (Å²) in [5, 5.41) is 4.99. The summed E-state index contributed by atoms with van der Waals surface area (Å²) in [5.74, 6) is 1.91. The van der Waals surface area contributed by atoms with Gasteiger partial charge >= 0.3 is 6.03 Å². The molecule has 22 heavy (non-hydrogen) atoms. The van der Waals surface area contributed by atoms with Crippen LogP contribution in [0.2, 0.25) is 0 Å². The number of ether oxygens (including phenoxy) is 1. The van der Waals surface area contributed by atoms with Gasteiger partial charge in [0.1, 0.15) is 5.82 Å². The van der Waals surface area contributed by atoms with Crippen LogP contribution in [0.5, 0.6) is 0 Å². The summed E-state index contributed by atoms with van der Waals surface area (Å²) in [6, 6.07) is 4.17. The van der Waals surface area contributed by atoms with E-state index in [-0.39, 0.29) is 24.6 Å². The minimum Gasteiger partial charge on any atom is -0.372 e. The fraction of sp³-hybridized carbons (Fsp3) is 0.438. The van der Waals surface area contributed by atoms with Gasteiger partial charge in [0, 0.05) is 18.8 Å². The Kier molecular flexibility index (Phi) is 5.23. The normalized spacial score (nSPS) is 21.1. The van der Waals surface area contributed by atoms with Crippen LogP contribution in [-0.2, 0) is 4.74 Å². The number of morpholine rings is 1. The van der Waals surface area contributed by atoms with Crippen LogP contribution in [0, 0.1) is 18.2 Å². The number of carbonyl (C=O) groups is 1. The Morgan fingerprint density at radius 1 is 1.45 bits per heavy atom. The Hall–Kier alpha value is -2.26. The second-order valence-electron chi connectivity index (χ2n) is 5.34. The van der Waals surface area contributed by atoms with Crippen LogP contribution in [0.3, 0.4) is 0 Å². The third kappa shape index (κ3) is 4.12. The molecular formula is C16H20FN3O2. The van der Waals surface area contributed by atoms with E-state index >= 15 is 0 Å². The second kappa shape index (κ2) is 7.14. The molecular weight excluding hydrogens is 285 g/mol. The number of hydrogen-bond donors (Lipinski definition) is 2. The predicted molar refractivity (Wildman–Crippen MR) is 84.5 cm³/mol. The van der Waals surface area contributed by atoms with Crippen molar-refractivity contribution in [1.29, 1.82) is 0 Å². The lowest BCUT2D eigenvalue weighted by atomic mass is 10.2. The largest absolute Gasteiger partial charge is 0.372 e. The average Bonchev–Trinajstić information content (AvgIpc) is 2.44. The first-order chi connectivity index (χ1) is 10.5. The number of halogens is 1. The maximum atomic E-state index is 14.3. The first kappa shape index (κ1) is 16.1. The molecule has 2 rings (SSSR count). The van der Waals surface area contributed by atoms with E-state index in [1.54, 1.807) is 12.1 Å². The number of nitrogens with zero attached hydrogens (tertiary/aromatic N) is 1. The van der Waals surface area contributed by atoms with Crippen molar-refractivity contribution in [1.82, 2.24) is 5.32 Å². The van der Waals surface area contributed by atoms with E-state index in [1.165, 1.54) is 6.07 Å². The SMILES string of the molecule is C#CCNC(=O)Nc1ccc(N2CC(C)OC(C)C2)c(F)c1.